The van der Waals surface area contributed by atoms with E-state index in [9.17, 15) is 9.59 Å². The van der Waals surface area contributed by atoms with Gasteiger partial charge in [0.05, 0.1) is 13.5 Å². The van der Waals surface area contributed by atoms with Gasteiger partial charge in [0.2, 0.25) is 11.8 Å². The second-order valence-corrected chi connectivity index (χ2v) is 9.13. The van der Waals surface area contributed by atoms with Crippen LogP contribution in [0.15, 0.2) is 78.9 Å². The highest BCUT2D eigenvalue weighted by molar-refractivity contribution is 6.30. The van der Waals surface area contributed by atoms with Gasteiger partial charge in [-0.2, -0.15) is 0 Å². The first kappa shape index (κ1) is 26.3. The lowest BCUT2D eigenvalue weighted by atomic mass is 10.0. The van der Waals surface area contributed by atoms with E-state index in [0.29, 0.717) is 18.0 Å². The van der Waals surface area contributed by atoms with Crippen molar-refractivity contribution in [2.75, 3.05) is 7.11 Å². The lowest BCUT2D eigenvalue weighted by Crippen LogP contribution is -2.52. The topological polar surface area (TPSA) is 58.6 Å². The fourth-order valence-corrected chi connectivity index (χ4v) is 3.93. The largest absolute Gasteiger partial charge is 0.497 e. The molecule has 3 rings (SSSR count). The van der Waals surface area contributed by atoms with Crippen LogP contribution in [0.1, 0.15) is 37.0 Å². The molecule has 0 aliphatic heterocycles. The van der Waals surface area contributed by atoms with E-state index in [0.717, 1.165) is 28.9 Å². The number of methoxy groups -OCH3 is 1. The molecule has 6 heteroatoms. The molecule has 3 aromatic carbocycles. The molecular formula is C29H33ClN2O3. The highest BCUT2D eigenvalue weighted by Crippen LogP contribution is 2.19. The Balaban J connectivity index is 1.94. The van der Waals surface area contributed by atoms with Crippen molar-refractivity contribution < 1.29 is 14.3 Å². The number of amides is 2. The Morgan fingerprint density at radius 1 is 0.914 bits per heavy atom. The van der Waals surface area contributed by atoms with Crippen LogP contribution in [0.25, 0.3) is 0 Å². The van der Waals surface area contributed by atoms with Crippen LogP contribution in [0.5, 0.6) is 5.75 Å². The van der Waals surface area contributed by atoms with Crippen LogP contribution in [-0.2, 0) is 29.0 Å². The van der Waals surface area contributed by atoms with Gasteiger partial charge in [0.1, 0.15) is 11.8 Å². The molecule has 1 N–H and O–H groups in total. The smallest absolute Gasteiger partial charge is 0.243 e. The number of carbonyl (C=O) groups is 2. The van der Waals surface area contributed by atoms with Crippen LogP contribution in [0.3, 0.4) is 0 Å². The summed E-state index contributed by atoms with van der Waals surface area (Å²) in [5.74, 6) is 0.458. The number of rotatable bonds is 11. The van der Waals surface area contributed by atoms with Gasteiger partial charge in [0.15, 0.2) is 0 Å². The molecule has 184 valence electrons. The summed E-state index contributed by atoms with van der Waals surface area (Å²) in [6.07, 6.45) is 1.41. The van der Waals surface area contributed by atoms with E-state index in [1.165, 1.54) is 0 Å². The maximum Gasteiger partial charge on any atom is 0.243 e. The Bertz CT molecular complexity index is 1090. The third-order valence-electron chi connectivity index (χ3n) is 6.05. The predicted molar refractivity (Wildman–Crippen MR) is 141 cm³/mol. The molecule has 0 aliphatic carbocycles. The van der Waals surface area contributed by atoms with E-state index in [1.54, 1.807) is 24.1 Å². The molecule has 0 saturated heterocycles. The van der Waals surface area contributed by atoms with Crippen molar-refractivity contribution in [1.82, 2.24) is 10.2 Å². The van der Waals surface area contributed by atoms with Gasteiger partial charge in [0.25, 0.3) is 0 Å². The van der Waals surface area contributed by atoms with E-state index >= 15 is 0 Å². The lowest BCUT2D eigenvalue weighted by molar-refractivity contribution is -0.141. The highest BCUT2D eigenvalue weighted by atomic mass is 35.5. The third-order valence-corrected chi connectivity index (χ3v) is 6.30. The van der Waals surface area contributed by atoms with Crippen LogP contribution in [0.4, 0.5) is 0 Å². The monoisotopic (exact) mass is 492 g/mol. The van der Waals surface area contributed by atoms with E-state index in [-0.39, 0.29) is 24.3 Å². The van der Waals surface area contributed by atoms with E-state index in [2.05, 4.69) is 5.32 Å². The Morgan fingerprint density at radius 3 is 2.14 bits per heavy atom. The van der Waals surface area contributed by atoms with Gasteiger partial charge in [-0.3, -0.25) is 9.59 Å². The van der Waals surface area contributed by atoms with Gasteiger partial charge >= 0.3 is 0 Å². The summed E-state index contributed by atoms with van der Waals surface area (Å²) in [7, 11) is 1.61. The molecule has 2 atom stereocenters. The summed E-state index contributed by atoms with van der Waals surface area (Å²) in [6.45, 7) is 4.30. The normalized spacial score (nSPS) is 12.5. The third kappa shape index (κ3) is 7.86. The van der Waals surface area contributed by atoms with Crippen LogP contribution in [0, 0.1) is 0 Å². The molecular weight excluding hydrogens is 460 g/mol. The second kappa shape index (κ2) is 13.0. The summed E-state index contributed by atoms with van der Waals surface area (Å²) in [5.41, 5.74) is 2.76. The molecule has 0 unspecified atom stereocenters. The van der Waals surface area contributed by atoms with Crippen molar-refractivity contribution in [2.24, 2.45) is 0 Å². The summed E-state index contributed by atoms with van der Waals surface area (Å²) in [4.78, 5) is 28.9. The summed E-state index contributed by atoms with van der Waals surface area (Å²) >= 11 is 6.08. The zero-order valence-corrected chi connectivity index (χ0v) is 21.3. The number of nitrogens with zero attached hydrogens (tertiary/aromatic N) is 1. The van der Waals surface area contributed by atoms with Gasteiger partial charge < -0.3 is 15.0 Å². The fourth-order valence-electron chi connectivity index (χ4n) is 3.80. The molecule has 0 heterocycles. The van der Waals surface area contributed by atoms with Gasteiger partial charge in [-0.25, -0.2) is 0 Å². The number of nitrogens with one attached hydrogen (secondary N) is 1. The quantitative estimate of drug-likeness (QED) is 0.387. The van der Waals surface area contributed by atoms with Gasteiger partial charge in [-0.15, -0.1) is 0 Å². The Labute approximate surface area is 213 Å². The number of carbonyl (C=O) groups excluding carboxylic acids is 2. The van der Waals surface area contributed by atoms with Crippen molar-refractivity contribution >= 4 is 23.4 Å². The Hall–Kier alpha value is -3.31. The van der Waals surface area contributed by atoms with E-state index in [4.69, 9.17) is 16.3 Å². The summed E-state index contributed by atoms with van der Waals surface area (Å²) in [5, 5.41) is 3.71. The van der Waals surface area contributed by atoms with Gasteiger partial charge in [-0.1, -0.05) is 73.1 Å². The van der Waals surface area contributed by atoms with Crippen molar-refractivity contribution in [2.45, 2.75) is 51.7 Å². The maximum atomic E-state index is 13.7. The Kier molecular flexibility index (Phi) is 9.74. The van der Waals surface area contributed by atoms with Crippen molar-refractivity contribution in [3.8, 4) is 5.75 Å². The van der Waals surface area contributed by atoms with Gasteiger partial charge in [0, 0.05) is 24.0 Å². The summed E-state index contributed by atoms with van der Waals surface area (Å²) in [6, 6.07) is 24.0. The Morgan fingerprint density at radius 2 is 1.54 bits per heavy atom. The SMILES string of the molecule is CC[C@H](C)NC(=O)[C@H](Cc1ccccc1)N(Cc1ccc(Cl)cc1)C(=O)Cc1ccc(OC)cc1. The first-order valence-electron chi connectivity index (χ1n) is 11.9. The molecule has 35 heavy (non-hydrogen) atoms. The zero-order chi connectivity index (χ0) is 25.2. The predicted octanol–water partition coefficient (Wildman–Crippen LogP) is 5.45. The van der Waals surface area contributed by atoms with Crippen LogP contribution >= 0.6 is 11.6 Å². The van der Waals surface area contributed by atoms with Crippen molar-refractivity contribution in [3.05, 3.63) is 101 Å². The molecule has 5 nitrogen and oxygen atoms in total. The first-order chi connectivity index (χ1) is 16.9. The number of hydrogen-bond acceptors (Lipinski definition) is 3. The molecule has 0 radical (unpaired) electrons. The average molecular weight is 493 g/mol. The number of ether oxygens (including phenoxy) is 1. The molecule has 0 aromatic heterocycles. The molecule has 0 spiro atoms. The fraction of sp³-hybridized carbons (Fsp3) is 0.310. The lowest BCUT2D eigenvalue weighted by Gasteiger charge is -2.32. The van der Waals surface area contributed by atoms with Crippen LogP contribution < -0.4 is 10.1 Å². The first-order valence-corrected chi connectivity index (χ1v) is 12.3. The average Bonchev–Trinajstić information content (AvgIpc) is 2.88. The van der Waals surface area contributed by atoms with E-state index in [1.807, 2.05) is 80.6 Å². The molecule has 0 bridgehead atoms. The maximum absolute atomic E-state index is 13.7. The molecule has 3 aromatic rings. The van der Waals surface area contributed by atoms with Crippen LogP contribution in [0.2, 0.25) is 5.02 Å². The van der Waals surface area contributed by atoms with E-state index < -0.39 is 6.04 Å². The number of hydrogen-bond donors (Lipinski definition) is 1. The zero-order valence-electron chi connectivity index (χ0n) is 20.5. The number of halogens is 1. The van der Waals surface area contributed by atoms with Crippen molar-refractivity contribution in [3.63, 3.8) is 0 Å². The molecule has 0 aliphatic rings. The minimum Gasteiger partial charge on any atom is -0.497 e. The van der Waals surface area contributed by atoms with Gasteiger partial charge in [-0.05, 0) is 54.3 Å². The van der Waals surface area contributed by atoms with Crippen molar-refractivity contribution in [1.29, 1.82) is 0 Å². The minimum atomic E-state index is -0.659. The second-order valence-electron chi connectivity index (χ2n) is 8.70. The highest BCUT2D eigenvalue weighted by Gasteiger charge is 2.31. The standard InChI is InChI=1S/C29H33ClN2O3/c1-4-21(2)31-29(34)27(18-22-8-6-5-7-9-22)32(20-24-10-14-25(30)15-11-24)28(33)19-23-12-16-26(35-3)17-13-23/h5-17,21,27H,4,18-20H2,1-3H3,(H,31,34)/t21-,27-/m0/s1. The molecule has 0 fully saturated rings. The number of benzene rings is 3. The molecule has 2 amide bonds. The summed E-state index contributed by atoms with van der Waals surface area (Å²) < 4.78 is 5.23. The minimum absolute atomic E-state index is 0.00912. The van der Waals surface area contributed by atoms with Crippen LogP contribution in [-0.4, -0.2) is 35.9 Å². The molecule has 0 saturated carbocycles.